The third kappa shape index (κ3) is 3.94. The van der Waals surface area contributed by atoms with Gasteiger partial charge in [-0.3, -0.25) is 0 Å². The molecule has 0 radical (unpaired) electrons. The van der Waals surface area contributed by atoms with Crippen molar-refractivity contribution in [1.29, 1.82) is 0 Å². The van der Waals surface area contributed by atoms with E-state index < -0.39 is 18.8 Å². The van der Waals surface area contributed by atoms with Crippen molar-refractivity contribution in [2.75, 3.05) is 0 Å². The first-order chi connectivity index (χ1) is 5.24. The van der Waals surface area contributed by atoms with Crippen LogP contribution in [0.25, 0.3) is 0 Å². The molecule has 0 aliphatic carbocycles. The Kier molecular flexibility index (Phi) is 7.06. The molecule has 11 heavy (non-hydrogen) atoms. The van der Waals surface area contributed by atoms with E-state index in [1.165, 1.54) is 26.2 Å². The SMILES string of the molecule is CCC[CH2][Sn]([CH2]C)([CH2]C)[O][SiH3]. The number of rotatable bonds is 6. The molecule has 0 spiro atoms. The first kappa shape index (κ1) is 12.0. The third-order valence-corrected chi connectivity index (χ3v) is 22.0. The molecular weight excluding hydrogens is 259 g/mol. The van der Waals surface area contributed by atoms with Gasteiger partial charge in [-0.2, -0.15) is 0 Å². The van der Waals surface area contributed by atoms with Gasteiger partial charge in [-0.05, 0) is 0 Å². The van der Waals surface area contributed by atoms with Crippen molar-refractivity contribution in [3.63, 3.8) is 0 Å². The topological polar surface area (TPSA) is 9.23 Å². The predicted molar refractivity (Wildman–Crippen MR) is 57.5 cm³/mol. The molecule has 0 fully saturated rings. The summed E-state index contributed by atoms with van der Waals surface area (Å²) in [5, 5.41) is 0. The fourth-order valence-electron chi connectivity index (χ4n) is 1.49. The Morgan fingerprint density at radius 3 is 2.00 bits per heavy atom. The van der Waals surface area contributed by atoms with Crippen molar-refractivity contribution in [2.45, 2.75) is 46.9 Å². The van der Waals surface area contributed by atoms with Crippen molar-refractivity contribution in [1.82, 2.24) is 0 Å². The fourth-order valence-corrected chi connectivity index (χ4v) is 15.3. The Bertz CT molecular complexity index is 85.8. The Labute approximate surface area is 78.9 Å². The Balaban J connectivity index is 3.84. The van der Waals surface area contributed by atoms with Gasteiger partial charge in [0.15, 0.2) is 0 Å². The van der Waals surface area contributed by atoms with E-state index in [2.05, 4.69) is 20.8 Å². The zero-order chi connectivity index (χ0) is 8.74. The summed E-state index contributed by atoms with van der Waals surface area (Å²) in [5.41, 5.74) is 0. The fraction of sp³-hybridized carbons (Fsp3) is 1.00. The molecule has 0 bridgehead atoms. The van der Waals surface area contributed by atoms with Crippen LogP contribution < -0.4 is 0 Å². The zero-order valence-electron chi connectivity index (χ0n) is 8.44. The van der Waals surface area contributed by atoms with Crippen molar-refractivity contribution in [3.8, 4) is 0 Å². The Hall–Kier alpha value is 0.976. The number of hydrogen-bond donors (Lipinski definition) is 0. The number of hydrogen-bond acceptors (Lipinski definition) is 1. The second-order valence-corrected chi connectivity index (χ2v) is 19.3. The summed E-state index contributed by atoms with van der Waals surface area (Å²) in [6.07, 6.45) is 2.74. The van der Waals surface area contributed by atoms with Crippen LogP contribution in [0.1, 0.15) is 33.6 Å². The molecule has 0 aliphatic heterocycles. The van der Waals surface area contributed by atoms with Gasteiger partial charge in [0.1, 0.15) is 0 Å². The Morgan fingerprint density at radius 1 is 1.18 bits per heavy atom. The summed E-state index contributed by atoms with van der Waals surface area (Å²) in [7, 11) is 0.976. The van der Waals surface area contributed by atoms with Gasteiger partial charge in [0, 0.05) is 0 Å². The molecular formula is C8H22OSiSn. The van der Waals surface area contributed by atoms with Crippen molar-refractivity contribution < 1.29 is 2.76 Å². The van der Waals surface area contributed by atoms with E-state index in [1.807, 2.05) is 0 Å². The molecule has 0 saturated carbocycles. The molecule has 0 heterocycles. The molecule has 0 atom stereocenters. The van der Waals surface area contributed by atoms with Gasteiger partial charge in [-0.25, -0.2) is 0 Å². The van der Waals surface area contributed by atoms with E-state index in [9.17, 15) is 0 Å². The van der Waals surface area contributed by atoms with Gasteiger partial charge >= 0.3 is 79.0 Å². The van der Waals surface area contributed by atoms with Crippen molar-refractivity contribution in [2.24, 2.45) is 0 Å². The van der Waals surface area contributed by atoms with Gasteiger partial charge in [-0.1, -0.05) is 0 Å². The molecule has 0 amide bonds. The second kappa shape index (κ2) is 6.49. The third-order valence-electron chi connectivity index (χ3n) is 2.71. The van der Waals surface area contributed by atoms with Crippen LogP contribution in [0.15, 0.2) is 0 Å². The summed E-state index contributed by atoms with van der Waals surface area (Å²) in [6.45, 7) is 6.93. The first-order valence-corrected chi connectivity index (χ1v) is 12.8. The molecule has 0 aromatic heterocycles. The predicted octanol–water partition coefficient (Wildman–Crippen LogP) is 2.07. The molecule has 0 aliphatic rings. The molecule has 0 N–H and O–H groups in total. The minimum absolute atomic E-state index is 0.976. The van der Waals surface area contributed by atoms with Crippen LogP contribution >= 0.6 is 0 Å². The van der Waals surface area contributed by atoms with Crippen LogP contribution in [0.3, 0.4) is 0 Å². The van der Waals surface area contributed by atoms with Gasteiger partial charge in [0.2, 0.25) is 0 Å². The van der Waals surface area contributed by atoms with Crippen molar-refractivity contribution >= 4 is 29.3 Å². The van der Waals surface area contributed by atoms with Crippen LogP contribution in [0.5, 0.6) is 0 Å². The van der Waals surface area contributed by atoms with E-state index >= 15 is 0 Å². The minimum atomic E-state index is -1.90. The average Bonchev–Trinajstić information content (AvgIpc) is 2.08. The molecule has 0 aromatic rings. The average molecular weight is 281 g/mol. The molecule has 0 saturated heterocycles. The molecule has 1 nitrogen and oxygen atoms in total. The zero-order valence-corrected chi connectivity index (χ0v) is 13.3. The van der Waals surface area contributed by atoms with Gasteiger partial charge in [0.05, 0.1) is 0 Å². The molecule has 68 valence electrons. The summed E-state index contributed by atoms with van der Waals surface area (Å²) >= 11 is -1.90. The summed E-state index contributed by atoms with van der Waals surface area (Å²) in [4.78, 5) is 0. The van der Waals surface area contributed by atoms with Gasteiger partial charge in [0.25, 0.3) is 0 Å². The van der Waals surface area contributed by atoms with Crippen LogP contribution in [-0.4, -0.2) is 29.3 Å². The molecule has 3 heteroatoms. The van der Waals surface area contributed by atoms with Crippen LogP contribution in [0.4, 0.5) is 0 Å². The maximum absolute atomic E-state index is 5.89. The summed E-state index contributed by atoms with van der Waals surface area (Å²) in [6, 6.07) is 0. The van der Waals surface area contributed by atoms with E-state index in [-0.39, 0.29) is 0 Å². The molecule has 0 unspecified atom stereocenters. The van der Waals surface area contributed by atoms with E-state index in [0.29, 0.717) is 0 Å². The Morgan fingerprint density at radius 2 is 1.73 bits per heavy atom. The van der Waals surface area contributed by atoms with Gasteiger partial charge in [-0.15, -0.1) is 0 Å². The van der Waals surface area contributed by atoms with E-state index in [1.54, 1.807) is 0 Å². The van der Waals surface area contributed by atoms with Crippen LogP contribution in [0.2, 0.25) is 13.3 Å². The molecule has 0 aromatic carbocycles. The number of unbranched alkanes of at least 4 members (excludes halogenated alkanes) is 1. The normalized spacial score (nSPS) is 12.3. The van der Waals surface area contributed by atoms with Crippen LogP contribution in [0, 0.1) is 0 Å². The molecule has 0 rings (SSSR count). The quantitative estimate of drug-likeness (QED) is 0.677. The summed E-state index contributed by atoms with van der Waals surface area (Å²) < 4.78 is 10.1. The second-order valence-electron chi connectivity index (χ2n) is 3.20. The maximum atomic E-state index is 5.89. The van der Waals surface area contributed by atoms with E-state index in [4.69, 9.17) is 2.76 Å². The standard InChI is InChI=1S/C4H9.2C2H5.H3OSi.Sn/c1-3-4-2;3*1-2;/h1,3-4H2,2H3;2*1H2,2H3;2H3;/q;;;-1;+1. The van der Waals surface area contributed by atoms with E-state index in [0.717, 1.165) is 10.5 Å². The first-order valence-electron chi connectivity index (χ1n) is 4.79. The van der Waals surface area contributed by atoms with Gasteiger partial charge < -0.3 is 0 Å². The van der Waals surface area contributed by atoms with Crippen LogP contribution in [-0.2, 0) is 2.76 Å². The van der Waals surface area contributed by atoms with Crippen molar-refractivity contribution in [3.05, 3.63) is 0 Å². The summed E-state index contributed by atoms with van der Waals surface area (Å²) in [5.74, 6) is 0. The monoisotopic (exact) mass is 282 g/mol.